The zero-order valence-corrected chi connectivity index (χ0v) is 23.9. The van der Waals surface area contributed by atoms with Crippen LogP contribution < -0.4 is 19.5 Å². The van der Waals surface area contributed by atoms with Crippen LogP contribution in [0.3, 0.4) is 0 Å². The summed E-state index contributed by atoms with van der Waals surface area (Å²) in [7, 11) is 3.04. The van der Waals surface area contributed by atoms with Crippen LogP contribution in [0.4, 0.5) is 11.5 Å². The number of aromatic nitrogens is 2. The zero-order valence-electron chi connectivity index (χ0n) is 22.4. The van der Waals surface area contributed by atoms with Crippen LogP contribution in [0.1, 0.15) is 25.0 Å². The Morgan fingerprint density at radius 1 is 1.10 bits per heavy atom. The van der Waals surface area contributed by atoms with Crippen molar-refractivity contribution < 1.29 is 19.0 Å². The molecule has 0 bridgehead atoms. The third-order valence-electron chi connectivity index (χ3n) is 6.06. The van der Waals surface area contributed by atoms with Crippen molar-refractivity contribution in [2.24, 2.45) is 0 Å². The van der Waals surface area contributed by atoms with Crippen LogP contribution in [-0.2, 0) is 11.2 Å². The molecule has 2 aromatic carbocycles. The highest BCUT2D eigenvalue weighted by Gasteiger charge is 2.22. The predicted molar refractivity (Wildman–Crippen MR) is 157 cm³/mol. The van der Waals surface area contributed by atoms with Crippen LogP contribution in [0.5, 0.6) is 17.4 Å². The molecule has 0 atom stereocenters. The highest BCUT2D eigenvalue weighted by atomic mass is 35.5. The molecule has 39 heavy (non-hydrogen) atoms. The number of benzene rings is 2. The number of fused-ring (bicyclic) bond motifs is 1. The molecule has 1 N–H and O–H groups in total. The molecule has 4 aromatic rings. The first-order chi connectivity index (χ1) is 18.7. The Kier molecular flexibility index (Phi) is 8.63. The minimum absolute atomic E-state index is 0.0639. The highest BCUT2D eigenvalue weighted by molar-refractivity contribution is 6.41. The first-order valence-corrected chi connectivity index (χ1v) is 13.0. The monoisotopic (exact) mass is 565 g/mol. The second-order valence-corrected chi connectivity index (χ2v) is 9.89. The molecule has 0 aliphatic heterocycles. The topological polar surface area (TPSA) is 82.6 Å². The molecule has 0 aliphatic carbocycles. The lowest BCUT2D eigenvalue weighted by Gasteiger charge is -2.18. The van der Waals surface area contributed by atoms with E-state index in [-0.39, 0.29) is 18.3 Å². The average molecular weight is 566 g/mol. The number of ether oxygens (including phenoxy) is 3. The number of anilines is 2. The summed E-state index contributed by atoms with van der Waals surface area (Å²) < 4.78 is 17.0. The Morgan fingerprint density at radius 2 is 1.79 bits per heavy atom. The van der Waals surface area contributed by atoms with Crippen LogP contribution in [0, 0.1) is 6.92 Å². The number of hydrogen-bond acceptors (Lipinski definition) is 7. The van der Waals surface area contributed by atoms with Crippen LogP contribution >= 0.6 is 23.2 Å². The van der Waals surface area contributed by atoms with Gasteiger partial charge in [0.2, 0.25) is 5.88 Å². The van der Waals surface area contributed by atoms with Gasteiger partial charge in [-0.3, -0.25) is 4.79 Å². The third kappa shape index (κ3) is 5.95. The molecule has 9 heteroatoms. The van der Waals surface area contributed by atoms with Gasteiger partial charge in [-0.2, -0.15) is 0 Å². The molecule has 0 aliphatic rings. The van der Waals surface area contributed by atoms with Gasteiger partial charge in [-0.1, -0.05) is 48.0 Å². The lowest BCUT2D eigenvalue weighted by Crippen LogP contribution is -2.08. The van der Waals surface area contributed by atoms with Gasteiger partial charge in [0.25, 0.3) is 0 Å². The van der Waals surface area contributed by atoms with Crippen molar-refractivity contribution in [2.75, 3.05) is 19.5 Å². The van der Waals surface area contributed by atoms with E-state index in [9.17, 15) is 4.79 Å². The summed E-state index contributed by atoms with van der Waals surface area (Å²) in [4.78, 5) is 21.5. The van der Waals surface area contributed by atoms with E-state index < -0.39 is 0 Å². The van der Waals surface area contributed by atoms with Gasteiger partial charge >= 0.3 is 0 Å². The van der Waals surface area contributed by atoms with Crippen molar-refractivity contribution in [2.45, 2.75) is 33.3 Å². The van der Waals surface area contributed by atoms with Crippen molar-refractivity contribution in [3.63, 3.8) is 0 Å². The number of nitrogens with zero attached hydrogens (tertiary/aromatic N) is 2. The standard InChI is InChI=1S/C30H29Cl2N3O4/c1-7-20(36)11-18-10-8-9-17(4)29(18)35-25-13-21-19(15-33-25)12-22(34-30(21)39-16(2)3)26-27(31)23(37-5)14-24(38-6)28(26)32/h7-10,12-16H,1,11H2,2-6H3,(H,33,35). The molecular weight excluding hydrogens is 537 g/mol. The number of carbonyl (C=O) groups excluding carboxylic acids is 1. The smallest absolute Gasteiger partial charge is 0.222 e. The number of methoxy groups -OCH3 is 2. The van der Waals surface area contributed by atoms with Gasteiger partial charge in [0.1, 0.15) is 17.3 Å². The molecule has 0 saturated carbocycles. The van der Waals surface area contributed by atoms with Gasteiger partial charge in [0, 0.05) is 40.7 Å². The van der Waals surface area contributed by atoms with E-state index in [2.05, 4.69) is 16.9 Å². The number of halogens is 2. The van der Waals surface area contributed by atoms with Crippen molar-refractivity contribution in [1.82, 2.24) is 9.97 Å². The first kappa shape index (κ1) is 28.2. The van der Waals surface area contributed by atoms with Crippen molar-refractivity contribution >= 4 is 51.3 Å². The largest absolute Gasteiger partial charge is 0.495 e. The summed E-state index contributed by atoms with van der Waals surface area (Å²) in [5.74, 6) is 1.71. The van der Waals surface area contributed by atoms with Gasteiger partial charge in [-0.05, 0) is 50.1 Å². The molecule has 4 rings (SSSR count). The molecule has 2 aromatic heterocycles. The number of aryl methyl sites for hydroxylation is 1. The summed E-state index contributed by atoms with van der Waals surface area (Å²) >= 11 is 13.4. The molecule has 0 unspecified atom stereocenters. The molecule has 7 nitrogen and oxygen atoms in total. The van der Waals surface area contributed by atoms with E-state index in [4.69, 9.17) is 42.4 Å². The predicted octanol–water partition coefficient (Wildman–Crippen LogP) is 7.76. The Balaban J connectivity index is 1.86. The van der Waals surface area contributed by atoms with Gasteiger partial charge in [0.15, 0.2) is 5.78 Å². The highest BCUT2D eigenvalue weighted by Crippen LogP contribution is 2.46. The van der Waals surface area contributed by atoms with Gasteiger partial charge in [-0.15, -0.1) is 0 Å². The third-order valence-corrected chi connectivity index (χ3v) is 6.81. The zero-order chi connectivity index (χ0) is 28.3. The van der Waals surface area contributed by atoms with E-state index in [0.29, 0.717) is 44.5 Å². The second kappa shape index (κ2) is 11.9. The quantitative estimate of drug-likeness (QED) is 0.197. The minimum atomic E-state index is -0.154. The maximum Gasteiger partial charge on any atom is 0.222 e. The summed E-state index contributed by atoms with van der Waals surface area (Å²) in [5.41, 5.74) is 3.60. The summed E-state index contributed by atoms with van der Waals surface area (Å²) in [5, 5.41) is 5.49. The molecule has 202 valence electrons. The van der Waals surface area contributed by atoms with E-state index in [1.54, 1.807) is 12.3 Å². The number of hydrogen-bond donors (Lipinski definition) is 1. The molecule has 0 saturated heterocycles. The molecule has 0 radical (unpaired) electrons. The Bertz CT molecular complexity index is 1540. The van der Waals surface area contributed by atoms with Crippen LogP contribution in [-0.4, -0.2) is 36.1 Å². The number of pyridine rings is 2. The first-order valence-electron chi connectivity index (χ1n) is 12.2. The lowest BCUT2D eigenvalue weighted by molar-refractivity contribution is -0.114. The van der Waals surface area contributed by atoms with Gasteiger partial charge in [0.05, 0.1) is 36.1 Å². The summed E-state index contributed by atoms with van der Waals surface area (Å²) in [6.07, 6.45) is 3.14. The summed E-state index contributed by atoms with van der Waals surface area (Å²) in [6, 6.07) is 11.1. The number of ketones is 1. The van der Waals surface area contributed by atoms with Crippen molar-refractivity contribution in [1.29, 1.82) is 0 Å². The van der Waals surface area contributed by atoms with Crippen LogP contribution in [0.15, 0.2) is 55.3 Å². The summed E-state index contributed by atoms with van der Waals surface area (Å²) in [6.45, 7) is 9.40. The van der Waals surface area contributed by atoms with E-state index in [1.165, 1.54) is 20.3 Å². The fourth-order valence-electron chi connectivity index (χ4n) is 4.18. The Morgan fingerprint density at radius 3 is 2.41 bits per heavy atom. The maximum absolute atomic E-state index is 12.1. The molecular formula is C30H29Cl2N3O4. The van der Waals surface area contributed by atoms with Crippen LogP contribution in [0.2, 0.25) is 10.0 Å². The normalized spacial score (nSPS) is 11.0. The molecule has 0 amide bonds. The lowest BCUT2D eigenvalue weighted by atomic mass is 10.0. The number of carbonyl (C=O) groups is 1. The average Bonchev–Trinajstić information content (AvgIpc) is 2.90. The molecule has 2 heterocycles. The van der Waals surface area contributed by atoms with E-state index >= 15 is 0 Å². The van der Waals surface area contributed by atoms with Gasteiger partial charge < -0.3 is 19.5 Å². The maximum atomic E-state index is 12.1. The van der Waals surface area contributed by atoms with Crippen molar-refractivity contribution in [3.8, 4) is 28.6 Å². The Labute approximate surface area is 237 Å². The SMILES string of the molecule is C=CC(=O)Cc1cccc(C)c1Nc1cc2c(OC(C)C)nc(-c3c(Cl)c(OC)cc(OC)c3Cl)cc2cn1. The number of allylic oxidation sites excluding steroid dienone is 1. The van der Waals surface area contributed by atoms with E-state index in [0.717, 1.165) is 27.6 Å². The number of nitrogens with one attached hydrogen (secondary N) is 1. The fourth-order valence-corrected chi connectivity index (χ4v) is 4.87. The number of rotatable bonds is 10. The van der Waals surface area contributed by atoms with E-state index in [1.807, 2.05) is 51.1 Å². The Hall–Kier alpha value is -3.81. The van der Waals surface area contributed by atoms with Crippen molar-refractivity contribution in [3.05, 3.63) is 76.4 Å². The minimum Gasteiger partial charge on any atom is -0.495 e. The number of para-hydroxylation sites is 1. The van der Waals surface area contributed by atoms with Crippen LogP contribution in [0.25, 0.3) is 22.0 Å². The second-order valence-electron chi connectivity index (χ2n) is 9.14. The molecule has 0 fully saturated rings. The fraction of sp³-hybridized carbons (Fsp3) is 0.233. The molecule has 0 spiro atoms. The van der Waals surface area contributed by atoms with Gasteiger partial charge in [-0.25, -0.2) is 9.97 Å².